The van der Waals surface area contributed by atoms with Crippen molar-refractivity contribution in [2.75, 3.05) is 7.11 Å². The Morgan fingerprint density at radius 3 is 2.52 bits per heavy atom. The molecular formula is C15H10BrNO4. The van der Waals surface area contributed by atoms with Gasteiger partial charge in [-0.1, -0.05) is 15.9 Å². The second kappa shape index (κ2) is 5.21. The normalized spacial score (nSPS) is 10.8. The lowest BCUT2D eigenvalue weighted by Crippen LogP contribution is -1.86. The van der Waals surface area contributed by atoms with Crippen LogP contribution in [0.5, 0.6) is 5.75 Å². The quantitative estimate of drug-likeness (QED) is 0.505. The average Bonchev–Trinajstić information content (AvgIpc) is 2.90. The maximum absolute atomic E-state index is 10.7. The highest BCUT2D eigenvalue weighted by atomic mass is 79.9. The Bertz CT molecular complexity index is 824. The van der Waals surface area contributed by atoms with E-state index in [1.807, 2.05) is 18.2 Å². The van der Waals surface area contributed by atoms with Gasteiger partial charge < -0.3 is 9.15 Å². The summed E-state index contributed by atoms with van der Waals surface area (Å²) in [7, 11) is 1.58. The van der Waals surface area contributed by atoms with Crippen LogP contribution in [0, 0.1) is 10.1 Å². The minimum atomic E-state index is -0.428. The largest absolute Gasteiger partial charge is 0.493 e. The molecule has 106 valence electrons. The van der Waals surface area contributed by atoms with Gasteiger partial charge in [0.1, 0.15) is 5.76 Å². The summed E-state index contributed by atoms with van der Waals surface area (Å²) < 4.78 is 12.0. The van der Waals surface area contributed by atoms with Crippen LogP contribution in [0.4, 0.5) is 5.69 Å². The van der Waals surface area contributed by atoms with Crippen LogP contribution in [0.2, 0.25) is 0 Å². The molecule has 0 atom stereocenters. The number of nitro benzene ring substituents is 1. The summed E-state index contributed by atoms with van der Waals surface area (Å²) >= 11 is 3.42. The molecule has 0 unspecified atom stereocenters. The van der Waals surface area contributed by atoms with E-state index >= 15 is 0 Å². The van der Waals surface area contributed by atoms with Crippen molar-refractivity contribution in [2.45, 2.75) is 0 Å². The van der Waals surface area contributed by atoms with Gasteiger partial charge in [-0.05, 0) is 30.3 Å². The van der Waals surface area contributed by atoms with Crippen molar-refractivity contribution in [3.63, 3.8) is 0 Å². The zero-order valence-corrected chi connectivity index (χ0v) is 12.6. The second-order valence-electron chi connectivity index (χ2n) is 4.44. The molecular weight excluding hydrogens is 338 g/mol. The molecule has 0 aliphatic rings. The number of benzene rings is 2. The van der Waals surface area contributed by atoms with Gasteiger partial charge in [-0.15, -0.1) is 0 Å². The summed E-state index contributed by atoms with van der Waals surface area (Å²) in [5, 5.41) is 11.6. The molecule has 0 aliphatic heterocycles. The molecule has 2 aromatic carbocycles. The predicted molar refractivity (Wildman–Crippen MR) is 82.6 cm³/mol. The Kier molecular flexibility index (Phi) is 3.39. The number of nitrogens with zero attached hydrogens (tertiary/aromatic N) is 1. The third-order valence-corrected chi connectivity index (χ3v) is 3.59. The zero-order valence-electron chi connectivity index (χ0n) is 11.0. The third-order valence-electron chi connectivity index (χ3n) is 3.13. The summed E-state index contributed by atoms with van der Waals surface area (Å²) in [6.45, 7) is 0. The van der Waals surface area contributed by atoms with Crippen molar-refractivity contribution in [2.24, 2.45) is 0 Å². The maximum atomic E-state index is 10.7. The molecule has 1 aromatic heterocycles. The van der Waals surface area contributed by atoms with Crippen LogP contribution >= 0.6 is 15.9 Å². The van der Waals surface area contributed by atoms with Crippen molar-refractivity contribution < 1.29 is 14.1 Å². The van der Waals surface area contributed by atoms with Crippen LogP contribution in [0.3, 0.4) is 0 Å². The molecule has 0 saturated carbocycles. The molecule has 0 amide bonds. The molecule has 3 rings (SSSR count). The Morgan fingerprint density at radius 1 is 1.19 bits per heavy atom. The van der Waals surface area contributed by atoms with E-state index in [1.165, 1.54) is 12.1 Å². The molecule has 0 aliphatic carbocycles. The summed E-state index contributed by atoms with van der Waals surface area (Å²) in [4.78, 5) is 10.2. The molecule has 0 fully saturated rings. The van der Waals surface area contributed by atoms with Gasteiger partial charge in [0.05, 0.1) is 12.0 Å². The Morgan fingerprint density at radius 2 is 1.90 bits per heavy atom. The minimum absolute atomic E-state index is 0.0511. The van der Waals surface area contributed by atoms with Gasteiger partial charge >= 0.3 is 0 Å². The van der Waals surface area contributed by atoms with Gasteiger partial charge in [0, 0.05) is 27.6 Å². The summed E-state index contributed by atoms with van der Waals surface area (Å²) in [5.41, 5.74) is 1.47. The first-order valence-corrected chi connectivity index (χ1v) is 6.89. The van der Waals surface area contributed by atoms with Crippen molar-refractivity contribution in [1.82, 2.24) is 0 Å². The van der Waals surface area contributed by atoms with Gasteiger partial charge in [-0.2, -0.15) is 0 Å². The van der Waals surface area contributed by atoms with Crippen LogP contribution in [0.25, 0.3) is 22.3 Å². The lowest BCUT2D eigenvalue weighted by atomic mass is 10.1. The van der Waals surface area contributed by atoms with Crippen LogP contribution in [0.15, 0.2) is 51.4 Å². The van der Waals surface area contributed by atoms with Crippen LogP contribution in [0.1, 0.15) is 0 Å². The number of methoxy groups -OCH3 is 1. The number of non-ortho nitro benzene ring substituents is 1. The predicted octanol–water partition coefficient (Wildman–Crippen LogP) is 4.78. The average molecular weight is 348 g/mol. The van der Waals surface area contributed by atoms with Crippen molar-refractivity contribution in [1.29, 1.82) is 0 Å². The van der Waals surface area contributed by atoms with Gasteiger partial charge in [0.15, 0.2) is 11.3 Å². The highest BCUT2D eigenvalue weighted by molar-refractivity contribution is 9.10. The molecule has 0 radical (unpaired) electrons. The molecule has 1 heterocycles. The van der Waals surface area contributed by atoms with E-state index in [9.17, 15) is 10.1 Å². The fraction of sp³-hybridized carbons (Fsp3) is 0.0667. The lowest BCUT2D eigenvalue weighted by Gasteiger charge is -2.01. The second-order valence-corrected chi connectivity index (χ2v) is 5.36. The van der Waals surface area contributed by atoms with E-state index in [0.717, 1.165) is 15.4 Å². The number of hydrogen-bond acceptors (Lipinski definition) is 4. The molecule has 0 bridgehead atoms. The van der Waals surface area contributed by atoms with Gasteiger partial charge in [0.25, 0.3) is 5.69 Å². The van der Waals surface area contributed by atoms with Gasteiger partial charge in [0.2, 0.25) is 0 Å². The van der Waals surface area contributed by atoms with E-state index in [-0.39, 0.29) is 5.69 Å². The maximum Gasteiger partial charge on any atom is 0.269 e. The first-order chi connectivity index (χ1) is 10.1. The molecule has 0 saturated heterocycles. The van der Waals surface area contributed by atoms with Crippen molar-refractivity contribution in [3.05, 3.63) is 57.1 Å². The first kappa shape index (κ1) is 13.6. The number of halogens is 1. The van der Waals surface area contributed by atoms with Crippen LogP contribution in [-0.4, -0.2) is 12.0 Å². The Labute approximate surface area is 128 Å². The zero-order chi connectivity index (χ0) is 15.0. The summed E-state index contributed by atoms with van der Waals surface area (Å²) in [6.07, 6.45) is 0. The number of furan rings is 1. The van der Waals surface area contributed by atoms with Crippen molar-refractivity contribution in [3.8, 4) is 17.1 Å². The van der Waals surface area contributed by atoms with E-state index in [1.54, 1.807) is 19.2 Å². The van der Waals surface area contributed by atoms with Gasteiger partial charge in [-0.25, -0.2) is 0 Å². The topological polar surface area (TPSA) is 65.5 Å². The fourth-order valence-electron chi connectivity index (χ4n) is 2.13. The molecule has 6 heteroatoms. The number of nitro groups is 1. The standard InChI is InChI=1S/C15H10BrNO4/c1-20-14-8-11(16)6-10-7-13(21-15(10)14)9-2-4-12(5-3-9)17(18)19/h2-8H,1H3. The number of rotatable bonds is 3. The summed E-state index contributed by atoms with van der Waals surface area (Å²) in [6, 6.07) is 11.9. The molecule has 0 spiro atoms. The Hall–Kier alpha value is -2.34. The molecule has 3 aromatic rings. The fourth-order valence-corrected chi connectivity index (χ4v) is 2.58. The van der Waals surface area contributed by atoms with Gasteiger partial charge in [-0.3, -0.25) is 10.1 Å². The highest BCUT2D eigenvalue weighted by Gasteiger charge is 2.13. The SMILES string of the molecule is COc1cc(Br)cc2cc(-c3ccc([N+](=O)[O-])cc3)oc12. The summed E-state index contributed by atoms with van der Waals surface area (Å²) in [5.74, 6) is 1.27. The van der Waals surface area contributed by atoms with E-state index in [2.05, 4.69) is 15.9 Å². The lowest BCUT2D eigenvalue weighted by molar-refractivity contribution is -0.384. The Balaban J connectivity index is 2.10. The highest BCUT2D eigenvalue weighted by Crippen LogP contribution is 2.36. The monoisotopic (exact) mass is 347 g/mol. The third kappa shape index (κ3) is 2.50. The van der Waals surface area contributed by atoms with E-state index in [0.29, 0.717) is 17.1 Å². The van der Waals surface area contributed by atoms with Crippen LogP contribution < -0.4 is 4.74 Å². The van der Waals surface area contributed by atoms with Crippen LogP contribution in [-0.2, 0) is 0 Å². The number of ether oxygens (including phenoxy) is 1. The molecule has 0 N–H and O–H groups in total. The van der Waals surface area contributed by atoms with E-state index < -0.39 is 4.92 Å². The minimum Gasteiger partial charge on any atom is -0.493 e. The molecule has 21 heavy (non-hydrogen) atoms. The smallest absolute Gasteiger partial charge is 0.269 e. The molecule has 5 nitrogen and oxygen atoms in total. The van der Waals surface area contributed by atoms with E-state index in [4.69, 9.17) is 9.15 Å². The first-order valence-electron chi connectivity index (χ1n) is 6.10. The number of fused-ring (bicyclic) bond motifs is 1. The van der Waals surface area contributed by atoms with Crippen molar-refractivity contribution >= 4 is 32.6 Å². The number of hydrogen-bond donors (Lipinski definition) is 0.